The van der Waals surface area contributed by atoms with Crippen LogP contribution in [0.5, 0.6) is 0 Å². The molecule has 14 heavy (non-hydrogen) atoms. The lowest BCUT2D eigenvalue weighted by Gasteiger charge is -2.01. The van der Waals surface area contributed by atoms with Crippen LogP contribution in [0.2, 0.25) is 0 Å². The summed E-state index contributed by atoms with van der Waals surface area (Å²) in [6.45, 7) is 2.65. The first-order valence-corrected chi connectivity index (χ1v) is 3.64. The van der Waals surface area contributed by atoms with Gasteiger partial charge in [0.15, 0.2) is 0 Å². The van der Waals surface area contributed by atoms with Crippen LogP contribution >= 0.6 is 0 Å². The summed E-state index contributed by atoms with van der Waals surface area (Å²) in [6, 6.07) is 0. The van der Waals surface area contributed by atoms with Gasteiger partial charge in [0, 0.05) is 6.92 Å². The van der Waals surface area contributed by atoms with Gasteiger partial charge in [0.25, 0.3) is 0 Å². The van der Waals surface area contributed by atoms with E-state index in [-0.39, 0.29) is 11.4 Å². The van der Waals surface area contributed by atoms with Gasteiger partial charge in [0.2, 0.25) is 11.6 Å². The first-order valence-electron chi connectivity index (χ1n) is 3.64. The normalized spacial score (nSPS) is 12.2. The number of hydrogen-bond acceptors (Lipinski definition) is 6. The molecule has 2 N–H and O–H groups in total. The number of nitrogens with one attached hydrogen (secondary N) is 1. The molecule has 0 aromatic rings. The third-order valence-electron chi connectivity index (χ3n) is 1.20. The second kappa shape index (κ2) is 5.68. The van der Waals surface area contributed by atoms with E-state index in [1.54, 1.807) is 0 Å². The molecule has 0 atom stereocenters. The molecule has 0 aliphatic carbocycles. The van der Waals surface area contributed by atoms with E-state index in [0.29, 0.717) is 0 Å². The fourth-order valence-corrected chi connectivity index (χ4v) is 0.573. The number of carbonyl (C=O) groups excluding carboxylic acids is 2. The Balaban J connectivity index is 4.63. The maximum Gasteiger partial charge on any atom is 0.362 e. The highest BCUT2D eigenvalue weighted by atomic mass is 16.5. The first-order chi connectivity index (χ1) is 6.52. The Bertz CT molecular complexity index is 295. The SMILES string of the molecule is COC(=O)C(=NO)C(C)=NNC(C)=O. The minimum absolute atomic E-state index is 0.0505. The second-order valence-electron chi connectivity index (χ2n) is 2.31. The van der Waals surface area contributed by atoms with E-state index in [2.05, 4.69) is 20.4 Å². The third-order valence-corrected chi connectivity index (χ3v) is 1.20. The number of hydrogen-bond donors (Lipinski definition) is 2. The van der Waals surface area contributed by atoms with Gasteiger partial charge < -0.3 is 9.94 Å². The molecule has 0 fully saturated rings. The van der Waals surface area contributed by atoms with E-state index in [0.717, 1.165) is 7.11 Å². The zero-order valence-corrected chi connectivity index (χ0v) is 8.07. The highest BCUT2D eigenvalue weighted by Crippen LogP contribution is 1.87. The Morgan fingerprint density at radius 3 is 2.29 bits per heavy atom. The van der Waals surface area contributed by atoms with Crippen molar-refractivity contribution in [2.75, 3.05) is 7.11 Å². The van der Waals surface area contributed by atoms with Crippen LogP contribution in [0.4, 0.5) is 0 Å². The summed E-state index contributed by atoms with van der Waals surface area (Å²) >= 11 is 0. The van der Waals surface area contributed by atoms with Crippen molar-refractivity contribution < 1.29 is 19.5 Å². The lowest BCUT2D eigenvalue weighted by atomic mass is 10.2. The van der Waals surface area contributed by atoms with Gasteiger partial charge in [-0.2, -0.15) is 5.10 Å². The number of esters is 1. The summed E-state index contributed by atoms with van der Waals surface area (Å²) in [5.74, 6) is -1.23. The first kappa shape index (κ1) is 12.1. The Morgan fingerprint density at radius 1 is 1.36 bits per heavy atom. The highest BCUT2D eigenvalue weighted by Gasteiger charge is 2.16. The van der Waals surface area contributed by atoms with Crippen molar-refractivity contribution in [1.82, 2.24) is 5.43 Å². The zero-order valence-electron chi connectivity index (χ0n) is 8.07. The van der Waals surface area contributed by atoms with Gasteiger partial charge in [-0.1, -0.05) is 5.16 Å². The summed E-state index contributed by atoms with van der Waals surface area (Å²) < 4.78 is 4.31. The standard InChI is InChI=1S/C7H11N3O4/c1-4(8-9-5(2)11)6(10-13)7(12)14-3/h13H,1-3H3,(H,9,11). The summed E-state index contributed by atoms with van der Waals surface area (Å²) in [4.78, 5) is 21.4. The van der Waals surface area contributed by atoms with Crippen LogP contribution in [0.3, 0.4) is 0 Å². The van der Waals surface area contributed by atoms with Crippen LogP contribution in [-0.4, -0.2) is 35.6 Å². The van der Waals surface area contributed by atoms with Gasteiger partial charge in [-0.3, -0.25) is 4.79 Å². The summed E-state index contributed by atoms with van der Waals surface area (Å²) in [6.07, 6.45) is 0. The average Bonchev–Trinajstić information content (AvgIpc) is 2.15. The number of hydrazone groups is 1. The van der Waals surface area contributed by atoms with Crippen LogP contribution in [0.25, 0.3) is 0 Å². The van der Waals surface area contributed by atoms with Crippen LogP contribution in [-0.2, 0) is 14.3 Å². The molecule has 0 saturated heterocycles. The molecule has 0 unspecified atom stereocenters. The van der Waals surface area contributed by atoms with Crippen molar-refractivity contribution in [2.24, 2.45) is 10.3 Å². The largest absolute Gasteiger partial charge is 0.464 e. The van der Waals surface area contributed by atoms with E-state index in [4.69, 9.17) is 5.21 Å². The molecule has 7 nitrogen and oxygen atoms in total. The van der Waals surface area contributed by atoms with Crippen LogP contribution in [0.15, 0.2) is 10.3 Å². The van der Waals surface area contributed by atoms with E-state index < -0.39 is 11.9 Å². The average molecular weight is 201 g/mol. The molecule has 0 aromatic carbocycles. The van der Waals surface area contributed by atoms with Crippen molar-refractivity contribution in [2.45, 2.75) is 13.8 Å². The number of nitrogens with zero attached hydrogens (tertiary/aromatic N) is 2. The van der Waals surface area contributed by atoms with Crippen molar-refractivity contribution in [3.63, 3.8) is 0 Å². The van der Waals surface area contributed by atoms with Gasteiger partial charge in [0.1, 0.15) is 0 Å². The highest BCUT2D eigenvalue weighted by molar-refractivity contribution is 6.65. The molecule has 0 saturated carbocycles. The molecular formula is C7H11N3O4. The summed E-state index contributed by atoms with van der Waals surface area (Å²) in [7, 11) is 1.14. The Kier molecular flexibility index (Phi) is 4.90. The number of oxime groups is 1. The third kappa shape index (κ3) is 3.65. The van der Waals surface area contributed by atoms with Crippen molar-refractivity contribution in [1.29, 1.82) is 0 Å². The Morgan fingerprint density at radius 2 is 1.93 bits per heavy atom. The minimum atomic E-state index is -0.834. The van der Waals surface area contributed by atoms with E-state index in [1.807, 2.05) is 0 Å². The van der Waals surface area contributed by atoms with Crippen LogP contribution in [0, 0.1) is 0 Å². The topological polar surface area (TPSA) is 100 Å². The fourth-order valence-electron chi connectivity index (χ4n) is 0.573. The van der Waals surface area contributed by atoms with E-state index in [9.17, 15) is 9.59 Å². The number of rotatable bonds is 3. The monoisotopic (exact) mass is 201 g/mol. The molecule has 1 amide bonds. The Labute approximate surface area is 80.4 Å². The van der Waals surface area contributed by atoms with E-state index in [1.165, 1.54) is 13.8 Å². The second-order valence-corrected chi connectivity index (χ2v) is 2.31. The molecule has 0 spiro atoms. The quantitative estimate of drug-likeness (QED) is 0.278. The number of amides is 1. The van der Waals surface area contributed by atoms with Crippen LogP contribution < -0.4 is 5.43 Å². The number of carbonyl (C=O) groups is 2. The Hall–Kier alpha value is -1.92. The van der Waals surface area contributed by atoms with Gasteiger partial charge in [0.05, 0.1) is 12.8 Å². The molecule has 0 rings (SSSR count). The fraction of sp³-hybridized carbons (Fsp3) is 0.429. The van der Waals surface area contributed by atoms with Crippen molar-refractivity contribution in [3.05, 3.63) is 0 Å². The molecule has 0 aromatic heterocycles. The van der Waals surface area contributed by atoms with Gasteiger partial charge in [-0.05, 0) is 6.92 Å². The predicted octanol–water partition coefficient (Wildman–Crippen LogP) is -0.498. The molecule has 0 heterocycles. The number of methoxy groups -OCH3 is 1. The molecule has 0 aliphatic rings. The number of ether oxygens (including phenoxy) is 1. The minimum Gasteiger partial charge on any atom is -0.464 e. The maximum atomic E-state index is 10.9. The van der Waals surface area contributed by atoms with Crippen molar-refractivity contribution in [3.8, 4) is 0 Å². The van der Waals surface area contributed by atoms with Gasteiger partial charge >= 0.3 is 5.97 Å². The summed E-state index contributed by atoms with van der Waals surface area (Å²) in [5.41, 5.74) is 1.78. The predicted molar refractivity (Wildman–Crippen MR) is 48.2 cm³/mol. The molecular weight excluding hydrogens is 190 g/mol. The van der Waals surface area contributed by atoms with Crippen molar-refractivity contribution >= 4 is 23.3 Å². The zero-order chi connectivity index (χ0) is 11.1. The molecule has 7 heteroatoms. The lowest BCUT2D eigenvalue weighted by Crippen LogP contribution is -2.26. The van der Waals surface area contributed by atoms with Crippen LogP contribution in [0.1, 0.15) is 13.8 Å². The maximum absolute atomic E-state index is 10.9. The molecule has 78 valence electrons. The summed E-state index contributed by atoms with van der Waals surface area (Å²) in [5, 5.41) is 14.6. The molecule has 0 radical (unpaired) electrons. The van der Waals surface area contributed by atoms with Gasteiger partial charge in [-0.15, -0.1) is 0 Å². The molecule has 0 aliphatic heterocycles. The molecule has 0 bridgehead atoms. The van der Waals surface area contributed by atoms with Gasteiger partial charge in [-0.25, -0.2) is 10.2 Å². The smallest absolute Gasteiger partial charge is 0.362 e. The lowest BCUT2D eigenvalue weighted by molar-refractivity contribution is -0.132. The van der Waals surface area contributed by atoms with E-state index >= 15 is 0 Å².